The molecule has 2 heterocycles. The van der Waals surface area contributed by atoms with Gasteiger partial charge < -0.3 is 9.73 Å². The zero-order valence-corrected chi connectivity index (χ0v) is 12.1. The van der Waals surface area contributed by atoms with E-state index in [-0.39, 0.29) is 22.7 Å². The van der Waals surface area contributed by atoms with Crippen LogP contribution >= 0.6 is 11.6 Å². The minimum absolute atomic E-state index is 0.112. The van der Waals surface area contributed by atoms with E-state index in [1.54, 1.807) is 0 Å². The topological polar surface area (TPSA) is 81.2 Å². The summed E-state index contributed by atoms with van der Waals surface area (Å²) in [6, 6.07) is 4.43. The second-order valence-corrected chi connectivity index (χ2v) is 4.88. The maximum atomic E-state index is 11.0. The summed E-state index contributed by atoms with van der Waals surface area (Å²) in [4.78, 5) is 14.5. The van der Waals surface area contributed by atoms with Crippen molar-refractivity contribution in [3.63, 3.8) is 0 Å². The summed E-state index contributed by atoms with van der Waals surface area (Å²) in [6.45, 7) is 5.58. The molecule has 0 aliphatic heterocycles. The number of nitro groups is 1. The van der Waals surface area contributed by atoms with Crippen molar-refractivity contribution in [2.75, 3.05) is 5.32 Å². The standard InChI is InChI=1S/C13H14ClN3O3/c1-7-6-10(9(3)20-7)8(2)15-13-11(17(18)19)4-5-12(14)16-13/h4-6,8H,1-3H3,(H,15,16). The lowest BCUT2D eigenvalue weighted by Crippen LogP contribution is -2.10. The summed E-state index contributed by atoms with van der Waals surface area (Å²) in [5, 5.41) is 14.2. The van der Waals surface area contributed by atoms with Crippen LogP contribution in [0.1, 0.15) is 30.0 Å². The van der Waals surface area contributed by atoms with Gasteiger partial charge in [-0.1, -0.05) is 11.6 Å². The maximum absolute atomic E-state index is 11.0. The van der Waals surface area contributed by atoms with Crippen LogP contribution in [0.5, 0.6) is 0 Å². The first-order valence-electron chi connectivity index (χ1n) is 6.03. The second-order valence-electron chi connectivity index (χ2n) is 4.49. The van der Waals surface area contributed by atoms with E-state index in [0.717, 1.165) is 17.1 Å². The fourth-order valence-electron chi connectivity index (χ4n) is 2.04. The molecule has 106 valence electrons. The molecule has 6 nitrogen and oxygen atoms in total. The molecular weight excluding hydrogens is 282 g/mol. The van der Waals surface area contributed by atoms with Gasteiger partial charge in [-0.25, -0.2) is 4.98 Å². The van der Waals surface area contributed by atoms with Gasteiger partial charge in [0.2, 0.25) is 5.82 Å². The summed E-state index contributed by atoms with van der Waals surface area (Å²) in [5.74, 6) is 1.71. The van der Waals surface area contributed by atoms with Crippen LogP contribution in [0.25, 0.3) is 0 Å². The van der Waals surface area contributed by atoms with Crippen LogP contribution < -0.4 is 5.32 Å². The van der Waals surface area contributed by atoms with Crippen molar-refractivity contribution in [2.45, 2.75) is 26.8 Å². The van der Waals surface area contributed by atoms with E-state index in [1.165, 1.54) is 12.1 Å². The Bertz CT molecular complexity index is 654. The number of nitrogens with zero attached hydrogens (tertiary/aromatic N) is 2. The predicted octanol–water partition coefficient (Wildman–Crippen LogP) is 4.03. The monoisotopic (exact) mass is 295 g/mol. The van der Waals surface area contributed by atoms with Gasteiger partial charge in [0.1, 0.15) is 16.7 Å². The van der Waals surface area contributed by atoms with Gasteiger partial charge in [0.05, 0.1) is 11.0 Å². The third-order valence-electron chi connectivity index (χ3n) is 2.94. The van der Waals surface area contributed by atoms with Gasteiger partial charge in [-0.2, -0.15) is 0 Å². The lowest BCUT2D eigenvalue weighted by molar-refractivity contribution is -0.384. The van der Waals surface area contributed by atoms with Gasteiger partial charge in [0, 0.05) is 11.6 Å². The van der Waals surface area contributed by atoms with Crippen molar-refractivity contribution in [3.05, 3.63) is 50.6 Å². The molecule has 2 aromatic rings. The Morgan fingerprint density at radius 3 is 2.70 bits per heavy atom. The van der Waals surface area contributed by atoms with Gasteiger partial charge in [0.15, 0.2) is 0 Å². The quantitative estimate of drug-likeness (QED) is 0.523. The molecule has 0 saturated heterocycles. The normalized spacial score (nSPS) is 12.2. The third kappa shape index (κ3) is 2.91. The summed E-state index contributed by atoms with van der Waals surface area (Å²) in [5.41, 5.74) is 0.817. The molecule has 0 amide bonds. The van der Waals surface area contributed by atoms with Crippen molar-refractivity contribution in [1.29, 1.82) is 0 Å². The molecule has 2 rings (SSSR count). The van der Waals surface area contributed by atoms with Gasteiger partial charge >= 0.3 is 5.69 Å². The van der Waals surface area contributed by atoms with E-state index in [1.807, 2.05) is 26.8 Å². The van der Waals surface area contributed by atoms with Crippen LogP contribution in [0, 0.1) is 24.0 Å². The number of rotatable bonds is 4. The Labute approximate surface area is 120 Å². The van der Waals surface area contributed by atoms with Crippen LogP contribution in [-0.2, 0) is 0 Å². The molecule has 1 unspecified atom stereocenters. The van der Waals surface area contributed by atoms with E-state index in [9.17, 15) is 10.1 Å². The number of halogens is 1. The fourth-order valence-corrected chi connectivity index (χ4v) is 2.19. The molecule has 0 saturated carbocycles. The van der Waals surface area contributed by atoms with E-state index >= 15 is 0 Å². The van der Waals surface area contributed by atoms with Crippen LogP contribution in [-0.4, -0.2) is 9.91 Å². The molecule has 7 heteroatoms. The molecular formula is C13H14ClN3O3. The molecule has 0 aliphatic rings. The largest absolute Gasteiger partial charge is 0.466 e. The second kappa shape index (κ2) is 5.50. The van der Waals surface area contributed by atoms with Crippen molar-refractivity contribution in [3.8, 4) is 0 Å². The third-order valence-corrected chi connectivity index (χ3v) is 3.15. The number of pyridine rings is 1. The zero-order chi connectivity index (χ0) is 14.9. The Kier molecular flexibility index (Phi) is 3.94. The van der Waals surface area contributed by atoms with E-state index < -0.39 is 4.92 Å². The highest BCUT2D eigenvalue weighted by Crippen LogP contribution is 2.29. The number of aryl methyl sites for hydroxylation is 2. The molecule has 0 aromatic carbocycles. The summed E-state index contributed by atoms with van der Waals surface area (Å²) in [6.07, 6.45) is 0. The lowest BCUT2D eigenvalue weighted by atomic mass is 10.1. The van der Waals surface area contributed by atoms with Gasteiger partial charge in [-0.05, 0) is 32.9 Å². The van der Waals surface area contributed by atoms with Crippen molar-refractivity contribution in [1.82, 2.24) is 4.98 Å². The van der Waals surface area contributed by atoms with Crippen LogP contribution in [0.15, 0.2) is 22.6 Å². The Morgan fingerprint density at radius 1 is 1.45 bits per heavy atom. The van der Waals surface area contributed by atoms with Crippen molar-refractivity contribution < 1.29 is 9.34 Å². The average Bonchev–Trinajstić information content (AvgIpc) is 2.68. The lowest BCUT2D eigenvalue weighted by Gasteiger charge is -2.14. The number of aromatic nitrogens is 1. The fraction of sp³-hybridized carbons (Fsp3) is 0.308. The first kappa shape index (κ1) is 14.3. The minimum Gasteiger partial charge on any atom is -0.466 e. The first-order chi connectivity index (χ1) is 9.38. The molecule has 1 N–H and O–H groups in total. The molecule has 0 aliphatic carbocycles. The minimum atomic E-state index is -0.494. The number of hydrogen-bond acceptors (Lipinski definition) is 5. The molecule has 0 spiro atoms. The van der Waals surface area contributed by atoms with Gasteiger partial charge in [0.25, 0.3) is 0 Å². The number of hydrogen-bond donors (Lipinski definition) is 1. The molecule has 20 heavy (non-hydrogen) atoms. The predicted molar refractivity (Wildman–Crippen MR) is 76.1 cm³/mol. The molecule has 0 fully saturated rings. The molecule has 2 aromatic heterocycles. The molecule has 1 atom stereocenters. The van der Waals surface area contributed by atoms with Gasteiger partial charge in [-0.3, -0.25) is 10.1 Å². The molecule has 0 radical (unpaired) electrons. The van der Waals surface area contributed by atoms with Crippen molar-refractivity contribution >= 4 is 23.1 Å². The van der Waals surface area contributed by atoms with Crippen LogP contribution in [0.2, 0.25) is 5.15 Å². The molecule has 0 bridgehead atoms. The average molecular weight is 296 g/mol. The Balaban J connectivity index is 2.32. The van der Waals surface area contributed by atoms with E-state index in [2.05, 4.69) is 10.3 Å². The van der Waals surface area contributed by atoms with Gasteiger partial charge in [-0.15, -0.1) is 0 Å². The van der Waals surface area contributed by atoms with E-state index in [0.29, 0.717) is 0 Å². The zero-order valence-electron chi connectivity index (χ0n) is 11.3. The summed E-state index contributed by atoms with van der Waals surface area (Å²) >= 11 is 5.79. The highest BCUT2D eigenvalue weighted by Gasteiger charge is 2.20. The highest BCUT2D eigenvalue weighted by molar-refractivity contribution is 6.29. The smallest absolute Gasteiger partial charge is 0.311 e. The number of nitrogens with one attached hydrogen (secondary N) is 1. The van der Waals surface area contributed by atoms with E-state index in [4.69, 9.17) is 16.0 Å². The SMILES string of the molecule is Cc1cc(C(C)Nc2nc(Cl)ccc2[N+](=O)[O-])c(C)o1. The van der Waals surface area contributed by atoms with Crippen molar-refractivity contribution in [2.24, 2.45) is 0 Å². The van der Waals surface area contributed by atoms with Crippen LogP contribution in [0.3, 0.4) is 0 Å². The Hall–Kier alpha value is -2.08. The first-order valence-corrected chi connectivity index (χ1v) is 6.40. The number of furan rings is 1. The summed E-state index contributed by atoms with van der Waals surface area (Å²) in [7, 11) is 0. The Morgan fingerprint density at radius 2 is 2.15 bits per heavy atom. The van der Waals surface area contributed by atoms with Crippen LogP contribution in [0.4, 0.5) is 11.5 Å². The summed E-state index contributed by atoms with van der Waals surface area (Å²) < 4.78 is 5.45. The number of anilines is 1. The maximum Gasteiger partial charge on any atom is 0.311 e. The highest BCUT2D eigenvalue weighted by atomic mass is 35.5.